The van der Waals surface area contributed by atoms with Gasteiger partial charge in [-0.15, -0.1) is 0 Å². The fourth-order valence-corrected chi connectivity index (χ4v) is 4.05. The second-order valence-electron chi connectivity index (χ2n) is 6.13. The summed E-state index contributed by atoms with van der Waals surface area (Å²) in [6.07, 6.45) is 3.21. The summed E-state index contributed by atoms with van der Waals surface area (Å²) in [5.74, 6) is 1.46. The summed E-state index contributed by atoms with van der Waals surface area (Å²) in [6, 6.07) is 0. The Hall–Kier alpha value is -0.0551. The molecule has 0 aromatic carbocycles. The average molecular weight is 209 g/mol. The highest BCUT2D eigenvalue weighted by Crippen LogP contribution is 2.65. The van der Waals surface area contributed by atoms with Gasteiger partial charge in [0.25, 0.3) is 0 Å². The van der Waals surface area contributed by atoms with Crippen LogP contribution in [0, 0.1) is 17.3 Å². The Bertz CT molecular complexity index is 296. The summed E-state index contributed by atoms with van der Waals surface area (Å²) >= 11 is 0. The van der Waals surface area contributed by atoms with E-state index in [2.05, 4.69) is 20.8 Å². The van der Waals surface area contributed by atoms with Crippen LogP contribution in [0.3, 0.4) is 0 Å². The van der Waals surface area contributed by atoms with Crippen LogP contribution >= 0.6 is 0 Å². The van der Waals surface area contributed by atoms with Crippen LogP contribution in [0.2, 0.25) is 0 Å². The van der Waals surface area contributed by atoms with Crippen molar-refractivity contribution >= 4 is 7.12 Å². The summed E-state index contributed by atoms with van der Waals surface area (Å²) in [7, 11) is -0.171. The molecular formula is C11H20BNO2. The van der Waals surface area contributed by atoms with E-state index < -0.39 is 0 Å². The van der Waals surface area contributed by atoms with Crippen LogP contribution < -0.4 is 5.73 Å². The lowest BCUT2D eigenvalue weighted by atomic mass is 9.43. The molecule has 0 aromatic heterocycles. The highest BCUT2D eigenvalue weighted by atomic mass is 16.7. The topological polar surface area (TPSA) is 44.5 Å². The van der Waals surface area contributed by atoms with E-state index in [-0.39, 0.29) is 18.8 Å². The number of rotatable bonds is 1. The van der Waals surface area contributed by atoms with Gasteiger partial charge in [-0.05, 0) is 37.0 Å². The molecule has 15 heavy (non-hydrogen) atoms. The minimum Gasteiger partial charge on any atom is -0.405 e. The van der Waals surface area contributed by atoms with E-state index in [1.807, 2.05) is 0 Å². The summed E-state index contributed by atoms with van der Waals surface area (Å²) in [5.41, 5.74) is 5.97. The lowest BCUT2D eigenvalue weighted by molar-refractivity contribution is -0.199. The number of nitrogens with two attached hydrogens (primary N) is 1. The predicted molar refractivity (Wildman–Crippen MR) is 59.2 cm³/mol. The highest BCUT2D eigenvalue weighted by molar-refractivity contribution is 6.45. The molecule has 0 aromatic rings. The summed E-state index contributed by atoms with van der Waals surface area (Å²) in [5, 5.41) is 0. The lowest BCUT2D eigenvalue weighted by Crippen LogP contribution is -2.65. The first-order valence-corrected chi connectivity index (χ1v) is 6.02. The summed E-state index contributed by atoms with van der Waals surface area (Å²) in [6.45, 7) is 6.95. The zero-order valence-corrected chi connectivity index (χ0v) is 9.82. The van der Waals surface area contributed by atoms with Gasteiger partial charge in [-0.3, -0.25) is 0 Å². The zero-order chi connectivity index (χ0) is 10.8. The Balaban J connectivity index is 1.89. The molecule has 0 amide bonds. The maximum absolute atomic E-state index is 6.04. The molecule has 1 heterocycles. The van der Waals surface area contributed by atoms with Gasteiger partial charge in [-0.1, -0.05) is 13.8 Å². The molecule has 4 atom stereocenters. The van der Waals surface area contributed by atoms with Gasteiger partial charge in [0.1, 0.15) is 0 Å². The van der Waals surface area contributed by atoms with Crippen molar-refractivity contribution in [1.29, 1.82) is 0 Å². The average Bonchev–Trinajstić information content (AvgIpc) is 2.53. The molecule has 0 spiro atoms. The van der Waals surface area contributed by atoms with Crippen LogP contribution in [0.4, 0.5) is 0 Å². The molecule has 4 rings (SSSR count). The standard InChI is InChI=1S/C11H20BNO2/c1-10(2)7-4-8(10)11(3)9(5-7)14-12(6-13)15-11/h7-9H,4-6,13H2,1-3H3/t7-,8+,9-,11+/m0/s1. The van der Waals surface area contributed by atoms with Crippen LogP contribution in [0.15, 0.2) is 0 Å². The van der Waals surface area contributed by atoms with Gasteiger partial charge >= 0.3 is 7.12 Å². The van der Waals surface area contributed by atoms with E-state index in [0.29, 0.717) is 17.8 Å². The van der Waals surface area contributed by atoms with Crippen LogP contribution in [-0.2, 0) is 9.31 Å². The van der Waals surface area contributed by atoms with Crippen molar-refractivity contribution in [1.82, 2.24) is 0 Å². The molecule has 4 heteroatoms. The third kappa shape index (κ3) is 1.08. The van der Waals surface area contributed by atoms with E-state index in [0.717, 1.165) is 12.3 Å². The first kappa shape index (κ1) is 10.1. The smallest absolute Gasteiger partial charge is 0.405 e. The molecule has 2 bridgehead atoms. The Labute approximate surface area is 91.8 Å². The van der Waals surface area contributed by atoms with Gasteiger partial charge in [-0.2, -0.15) is 0 Å². The fourth-order valence-electron chi connectivity index (χ4n) is 4.05. The van der Waals surface area contributed by atoms with Crippen molar-refractivity contribution in [2.24, 2.45) is 23.0 Å². The Morgan fingerprint density at radius 3 is 2.67 bits per heavy atom. The van der Waals surface area contributed by atoms with Crippen molar-refractivity contribution in [3.63, 3.8) is 0 Å². The Kier molecular flexibility index (Phi) is 1.88. The summed E-state index contributed by atoms with van der Waals surface area (Å²) in [4.78, 5) is 0. The normalized spacial score (nSPS) is 51.2. The molecule has 3 aliphatic carbocycles. The maximum atomic E-state index is 6.04. The monoisotopic (exact) mass is 209 g/mol. The first-order chi connectivity index (χ1) is 6.98. The molecule has 3 nitrogen and oxygen atoms in total. The molecule has 4 fully saturated rings. The van der Waals surface area contributed by atoms with Crippen molar-refractivity contribution in [3.05, 3.63) is 0 Å². The molecule has 1 saturated heterocycles. The lowest BCUT2D eigenvalue weighted by Gasteiger charge is -2.64. The van der Waals surface area contributed by atoms with Gasteiger partial charge in [0, 0.05) is 6.44 Å². The molecule has 2 N–H and O–H groups in total. The Morgan fingerprint density at radius 1 is 1.33 bits per heavy atom. The molecule has 0 unspecified atom stereocenters. The van der Waals surface area contributed by atoms with E-state index in [4.69, 9.17) is 15.0 Å². The molecule has 0 radical (unpaired) electrons. The zero-order valence-electron chi connectivity index (χ0n) is 9.82. The predicted octanol–water partition coefficient (Wildman–Crippen LogP) is 1.21. The van der Waals surface area contributed by atoms with Crippen molar-refractivity contribution in [2.75, 3.05) is 6.44 Å². The van der Waals surface area contributed by atoms with Crippen molar-refractivity contribution in [2.45, 2.75) is 45.3 Å². The van der Waals surface area contributed by atoms with Crippen LogP contribution in [0.5, 0.6) is 0 Å². The minimum atomic E-state index is -0.171. The molecule has 1 aliphatic heterocycles. The van der Waals surface area contributed by atoms with Crippen LogP contribution in [0.1, 0.15) is 33.6 Å². The van der Waals surface area contributed by atoms with E-state index in [1.54, 1.807) is 0 Å². The molecular weight excluding hydrogens is 189 g/mol. The third-order valence-corrected chi connectivity index (χ3v) is 5.19. The highest BCUT2D eigenvalue weighted by Gasteiger charge is 2.67. The van der Waals surface area contributed by atoms with Crippen molar-refractivity contribution in [3.8, 4) is 0 Å². The summed E-state index contributed by atoms with van der Waals surface area (Å²) < 4.78 is 11.9. The van der Waals surface area contributed by atoms with Crippen LogP contribution in [0.25, 0.3) is 0 Å². The Morgan fingerprint density at radius 2 is 2.07 bits per heavy atom. The van der Waals surface area contributed by atoms with E-state index in [1.165, 1.54) is 6.42 Å². The van der Waals surface area contributed by atoms with Crippen molar-refractivity contribution < 1.29 is 9.31 Å². The van der Waals surface area contributed by atoms with Crippen LogP contribution in [-0.4, -0.2) is 25.3 Å². The first-order valence-electron chi connectivity index (χ1n) is 6.02. The van der Waals surface area contributed by atoms with E-state index >= 15 is 0 Å². The largest absolute Gasteiger partial charge is 0.472 e. The quantitative estimate of drug-likeness (QED) is 0.660. The fraction of sp³-hybridized carbons (Fsp3) is 1.00. The van der Waals surface area contributed by atoms with Gasteiger partial charge < -0.3 is 15.0 Å². The van der Waals surface area contributed by atoms with Gasteiger partial charge in [-0.25, -0.2) is 0 Å². The molecule has 4 aliphatic rings. The van der Waals surface area contributed by atoms with Gasteiger partial charge in [0.15, 0.2) is 0 Å². The maximum Gasteiger partial charge on any atom is 0.472 e. The second-order valence-corrected chi connectivity index (χ2v) is 6.13. The number of hydrogen-bond acceptors (Lipinski definition) is 3. The third-order valence-electron chi connectivity index (χ3n) is 5.19. The van der Waals surface area contributed by atoms with Gasteiger partial charge in [0.2, 0.25) is 0 Å². The minimum absolute atomic E-state index is 0.0811. The number of hydrogen-bond donors (Lipinski definition) is 1. The molecule has 84 valence electrons. The second kappa shape index (κ2) is 2.79. The van der Waals surface area contributed by atoms with E-state index in [9.17, 15) is 0 Å². The SMILES string of the molecule is CC1(C)[C@@H]2C[C@@H]3OB(CN)O[C@]3(C)[C@@H]1C2. The molecule has 3 saturated carbocycles. The van der Waals surface area contributed by atoms with Gasteiger partial charge in [0.05, 0.1) is 11.7 Å².